The lowest BCUT2D eigenvalue weighted by Crippen LogP contribution is -2.27. The Hall–Kier alpha value is -1.59. The Kier molecular flexibility index (Phi) is 5.64. The average molecular weight is 406 g/mol. The normalized spacial score (nSPS) is 16.8. The second-order valence-electron chi connectivity index (χ2n) is 5.44. The lowest BCUT2D eigenvalue weighted by Gasteiger charge is -2.15. The Labute approximate surface area is 166 Å². The van der Waals surface area contributed by atoms with Crippen LogP contribution in [0.1, 0.15) is 12.5 Å². The molecule has 1 aliphatic rings. The fraction of sp³-hybridized carbons (Fsp3) is 0.0526. The third-order valence-corrected chi connectivity index (χ3v) is 5.19. The standard InChI is InChI=1S/C19H13Cl2NOS2/c1-12(7-13-5-3-2-4-6-13)8-17-18(23)22(19(24)25-17)16-10-14(20)9-15(21)11-16/h2-11H,1H3/b12-7+,17-8+. The van der Waals surface area contributed by atoms with Gasteiger partial charge in [-0.25, -0.2) is 0 Å². The van der Waals surface area contributed by atoms with Crippen LogP contribution >= 0.6 is 47.2 Å². The number of hydrogen-bond acceptors (Lipinski definition) is 3. The average Bonchev–Trinajstić information content (AvgIpc) is 2.81. The largest absolute Gasteiger partial charge is 0.270 e. The molecular formula is C19H13Cl2NOS2. The van der Waals surface area contributed by atoms with Crippen LogP contribution in [0.4, 0.5) is 5.69 Å². The number of carbonyl (C=O) groups excluding carboxylic acids is 1. The molecule has 6 heteroatoms. The molecule has 2 aromatic carbocycles. The zero-order chi connectivity index (χ0) is 18.0. The molecular weight excluding hydrogens is 393 g/mol. The van der Waals surface area contributed by atoms with E-state index in [-0.39, 0.29) is 5.91 Å². The summed E-state index contributed by atoms with van der Waals surface area (Å²) in [5.74, 6) is -0.172. The van der Waals surface area contributed by atoms with Gasteiger partial charge in [-0.1, -0.05) is 83.6 Å². The number of nitrogens with zero attached hydrogens (tertiary/aromatic N) is 1. The van der Waals surface area contributed by atoms with E-state index >= 15 is 0 Å². The molecule has 25 heavy (non-hydrogen) atoms. The van der Waals surface area contributed by atoms with Crippen LogP contribution in [0.5, 0.6) is 0 Å². The Morgan fingerprint density at radius 3 is 2.40 bits per heavy atom. The predicted molar refractivity (Wildman–Crippen MR) is 112 cm³/mol. The van der Waals surface area contributed by atoms with E-state index < -0.39 is 0 Å². The Bertz CT molecular complexity index is 887. The summed E-state index contributed by atoms with van der Waals surface area (Å²) in [6.45, 7) is 1.95. The smallest absolute Gasteiger partial charge is 0.268 e. The fourth-order valence-corrected chi connectivity index (χ4v) is 4.28. The van der Waals surface area contributed by atoms with Crippen molar-refractivity contribution in [2.24, 2.45) is 0 Å². The predicted octanol–water partition coefficient (Wildman–Crippen LogP) is 6.35. The minimum absolute atomic E-state index is 0.172. The monoisotopic (exact) mass is 405 g/mol. The van der Waals surface area contributed by atoms with E-state index in [1.54, 1.807) is 18.2 Å². The summed E-state index contributed by atoms with van der Waals surface area (Å²) in [6.07, 6.45) is 3.86. The summed E-state index contributed by atoms with van der Waals surface area (Å²) < 4.78 is 0.460. The lowest BCUT2D eigenvalue weighted by atomic mass is 10.1. The number of amides is 1. The number of benzene rings is 2. The van der Waals surface area contributed by atoms with Crippen LogP contribution in [0.3, 0.4) is 0 Å². The van der Waals surface area contributed by atoms with Gasteiger partial charge in [0.25, 0.3) is 5.91 Å². The maximum absolute atomic E-state index is 12.8. The van der Waals surface area contributed by atoms with Crippen molar-refractivity contribution in [3.63, 3.8) is 0 Å². The third kappa shape index (κ3) is 4.33. The van der Waals surface area contributed by atoms with Crippen LogP contribution in [0.25, 0.3) is 6.08 Å². The number of carbonyl (C=O) groups is 1. The molecule has 126 valence electrons. The SMILES string of the molecule is CC(=C\c1ccccc1)/C=C1/SC(=S)N(c2cc(Cl)cc(Cl)c2)C1=O. The molecule has 0 N–H and O–H groups in total. The zero-order valence-corrected chi connectivity index (χ0v) is 16.3. The third-order valence-electron chi connectivity index (χ3n) is 3.45. The fourth-order valence-electron chi connectivity index (χ4n) is 2.42. The van der Waals surface area contributed by atoms with Crippen LogP contribution in [-0.4, -0.2) is 10.2 Å². The molecule has 1 amide bonds. The van der Waals surface area contributed by atoms with Gasteiger partial charge in [0, 0.05) is 10.0 Å². The van der Waals surface area contributed by atoms with E-state index in [2.05, 4.69) is 0 Å². The van der Waals surface area contributed by atoms with Crippen molar-refractivity contribution in [1.82, 2.24) is 0 Å². The molecule has 1 saturated heterocycles. The van der Waals surface area contributed by atoms with Crippen molar-refractivity contribution in [1.29, 1.82) is 0 Å². The summed E-state index contributed by atoms with van der Waals surface area (Å²) in [4.78, 5) is 14.8. The number of thioether (sulfide) groups is 1. The van der Waals surface area contributed by atoms with Crippen molar-refractivity contribution < 1.29 is 4.79 Å². The molecule has 2 aromatic rings. The summed E-state index contributed by atoms with van der Waals surface area (Å²) in [5, 5.41) is 0.918. The van der Waals surface area contributed by atoms with E-state index in [4.69, 9.17) is 35.4 Å². The quantitative estimate of drug-likeness (QED) is 0.438. The number of allylic oxidation sites excluding steroid dienone is 2. The van der Waals surface area contributed by atoms with Crippen molar-refractivity contribution in [2.75, 3.05) is 4.90 Å². The minimum atomic E-state index is -0.172. The topological polar surface area (TPSA) is 20.3 Å². The highest BCUT2D eigenvalue weighted by atomic mass is 35.5. The van der Waals surface area contributed by atoms with Gasteiger partial charge in [0.1, 0.15) is 0 Å². The van der Waals surface area contributed by atoms with Gasteiger partial charge < -0.3 is 0 Å². The number of hydrogen-bond donors (Lipinski definition) is 0. The van der Waals surface area contributed by atoms with Crippen LogP contribution in [0.2, 0.25) is 10.0 Å². The molecule has 3 rings (SSSR count). The van der Waals surface area contributed by atoms with E-state index in [1.807, 2.05) is 49.4 Å². The lowest BCUT2D eigenvalue weighted by molar-refractivity contribution is -0.113. The van der Waals surface area contributed by atoms with Crippen molar-refractivity contribution >= 4 is 69.2 Å². The molecule has 0 aliphatic carbocycles. The van der Waals surface area contributed by atoms with Gasteiger partial charge in [-0.05, 0) is 42.3 Å². The second kappa shape index (κ2) is 7.75. The van der Waals surface area contributed by atoms with E-state index in [0.717, 1.165) is 11.1 Å². The molecule has 0 atom stereocenters. The first-order valence-electron chi connectivity index (χ1n) is 7.41. The van der Waals surface area contributed by atoms with Gasteiger partial charge in [0.2, 0.25) is 0 Å². The van der Waals surface area contributed by atoms with Crippen molar-refractivity contribution in [3.8, 4) is 0 Å². The van der Waals surface area contributed by atoms with Crippen molar-refractivity contribution in [2.45, 2.75) is 6.92 Å². The highest BCUT2D eigenvalue weighted by Crippen LogP contribution is 2.37. The Balaban J connectivity index is 1.89. The molecule has 0 saturated carbocycles. The first kappa shape index (κ1) is 18.2. The number of rotatable bonds is 3. The van der Waals surface area contributed by atoms with Gasteiger partial charge in [-0.2, -0.15) is 0 Å². The minimum Gasteiger partial charge on any atom is -0.268 e. The molecule has 0 bridgehead atoms. The molecule has 0 aromatic heterocycles. The van der Waals surface area contributed by atoms with E-state index in [9.17, 15) is 4.79 Å². The molecule has 0 unspecified atom stereocenters. The van der Waals surface area contributed by atoms with Crippen LogP contribution in [-0.2, 0) is 4.79 Å². The molecule has 0 spiro atoms. The van der Waals surface area contributed by atoms with Crippen LogP contribution in [0.15, 0.2) is 65.1 Å². The van der Waals surface area contributed by atoms with Crippen LogP contribution < -0.4 is 4.90 Å². The van der Waals surface area contributed by atoms with Gasteiger partial charge in [-0.3, -0.25) is 9.69 Å². The summed E-state index contributed by atoms with van der Waals surface area (Å²) in [7, 11) is 0. The summed E-state index contributed by atoms with van der Waals surface area (Å²) >= 11 is 18.7. The molecule has 1 heterocycles. The number of thiocarbonyl (C=S) groups is 1. The molecule has 1 fully saturated rings. The Morgan fingerprint density at radius 1 is 1.12 bits per heavy atom. The molecule has 0 radical (unpaired) electrons. The summed E-state index contributed by atoms with van der Waals surface area (Å²) in [6, 6.07) is 14.9. The maximum atomic E-state index is 12.8. The molecule has 1 aliphatic heterocycles. The van der Waals surface area contributed by atoms with Gasteiger partial charge in [0.15, 0.2) is 4.32 Å². The zero-order valence-electron chi connectivity index (χ0n) is 13.2. The Morgan fingerprint density at radius 2 is 1.76 bits per heavy atom. The van der Waals surface area contributed by atoms with E-state index in [1.165, 1.54) is 16.7 Å². The van der Waals surface area contributed by atoms with Crippen LogP contribution in [0, 0.1) is 0 Å². The summed E-state index contributed by atoms with van der Waals surface area (Å²) in [5.41, 5.74) is 2.62. The first-order valence-corrected chi connectivity index (χ1v) is 9.39. The van der Waals surface area contributed by atoms with E-state index in [0.29, 0.717) is 25.0 Å². The molecule has 2 nitrogen and oxygen atoms in total. The van der Waals surface area contributed by atoms with Gasteiger partial charge >= 0.3 is 0 Å². The van der Waals surface area contributed by atoms with Gasteiger partial charge in [0.05, 0.1) is 10.6 Å². The highest BCUT2D eigenvalue weighted by Gasteiger charge is 2.33. The second-order valence-corrected chi connectivity index (χ2v) is 7.99. The van der Waals surface area contributed by atoms with Gasteiger partial charge in [-0.15, -0.1) is 0 Å². The highest BCUT2D eigenvalue weighted by molar-refractivity contribution is 8.27. The number of anilines is 1. The van der Waals surface area contributed by atoms with Crippen molar-refractivity contribution in [3.05, 3.63) is 80.7 Å². The maximum Gasteiger partial charge on any atom is 0.270 e. The number of halogens is 2. The first-order chi connectivity index (χ1) is 11.9.